The normalized spacial score (nSPS) is 31.0. The molecule has 2 aliphatic rings. The number of fused-ring (bicyclic) bond motifs is 2. The Bertz CT molecular complexity index is 677. The molecule has 1 aromatic heterocycles. The first-order valence-electron chi connectivity index (χ1n) is 7.69. The lowest BCUT2D eigenvalue weighted by Gasteiger charge is -2.24. The molecule has 1 fully saturated rings. The standard InChI is InChI=1S/C19H20NP/c1-13-14(2)19-16(17-10-6-7-11-20-17)12-18(13)21(19)15-8-4-3-5-9-15/h3-11,16,18-19H,12H2,1-2H3/t16-,18-,19-,21-/m0/s1. The van der Waals surface area contributed by atoms with Gasteiger partial charge in [0.2, 0.25) is 0 Å². The quantitative estimate of drug-likeness (QED) is 0.588. The zero-order chi connectivity index (χ0) is 14.4. The molecule has 0 radical (unpaired) electrons. The van der Waals surface area contributed by atoms with Crippen molar-refractivity contribution >= 4 is 13.2 Å². The van der Waals surface area contributed by atoms with Crippen molar-refractivity contribution in [3.8, 4) is 0 Å². The first-order chi connectivity index (χ1) is 10.3. The van der Waals surface area contributed by atoms with Crippen LogP contribution in [0.15, 0.2) is 65.9 Å². The molecule has 0 spiro atoms. The lowest BCUT2D eigenvalue weighted by atomic mass is 9.83. The first kappa shape index (κ1) is 13.2. The summed E-state index contributed by atoms with van der Waals surface area (Å²) in [5.41, 5.74) is 6.04. The van der Waals surface area contributed by atoms with Crippen LogP contribution in [-0.4, -0.2) is 16.3 Å². The molecule has 106 valence electrons. The number of hydrogen-bond acceptors (Lipinski definition) is 1. The first-order valence-corrected chi connectivity index (χ1v) is 9.17. The molecular weight excluding hydrogens is 273 g/mol. The average Bonchev–Trinajstić information content (AvgIpc) is 3.04. The van der Waals surface area contributed by atoms with Crippen LogP contribution in [0.2, 0.25) is 0 Å². The second-order valence-corrected chi connectivity index (χ2v) is 8.68. The average molecular weight is 293 g/mol. The Balaban J connectivity index is 1.77. The zero-order valence-corrected chi connectivity index (χ0v) is 13.4. The molecular formula is C19H20NP. The molecule has 0 aliphatic carbocycles. The Kier molecular flexibility index (Phi) is 3.19. The van der Waals surface area contributed by atoms with Gasteiger partial charge in [0.25, 0.3) is 0 Å². The Morgan fingerprint density at radius 2 is 1.71 bits per heavy atom. The summed E-state index contributed by atoms with van der Waals surface area (Å²) in [6.07, 6.45) is 3.23. The van der Waals surface area contributed by atoms with Gasteiger partial charge in [-0.3, -0.25) is 4.98 Å². The van der Waals surface area contributed by atoms with E-state index in [2.05, 4.69) is 61.3 Å². The van der Waals surface area contributed by atoms with Crippen molar-refractivity contribution in [3.63, 3.8) is 0 Å². The third-order valence-corrected chi connectivity index (χ3v) is 8.69. The predicted molar refractivity (Wildman–Crippen MR) is 90.5 cm³/mol. The highest BCUT2D eigenvalue weighted by Crippen LogP contribution is 2.69. The highest BCUT2D eigenvalue weighted by atomic mass is 31.1. The number of pyridine rings is 1. The van der Waals surface area contributed by atoms with E-state index in [1.54, 1.807) is 16.5 Å². The lowest BCUT2D eigenvalue weighted by molar-refractivity contribution is 0.622. The fourth-order valence-electron chi connectivity index (χ4n) is 4.08. The number of nitrogens with zero attached hydrogens (tertiary/aromatic N) is 1. The Hall–Kier alpha value is -1.46. The highest BCUT2D eigenvalue weighted by molar-refractivity contribution is 7.68. The molecule has 2 bridgehead atoms. The van der Waals surface area contributed by atoms with E-state index in [1.807, 2.05) is 12.3 Å². The maximum absolute atomic E-state index is 4.65. The molecule has 2 aliphatic heterocycles. The lowest BCUT2D eigenvalue weighted by Crippen LogP contribution is -2.17. The summed E-state index contributed by atoms with van der Waals surface area (Å²) in [6.45, 7) is 4.71. The van der Waals surface area contributed by atoms with E-state index in [0.717, 1.165) is 5.66 Å². The van der Waals surface area contributed by atoms with Gasteiger partial charge in [0, 0.05) is 29.1 Å². The molecule has 0 amide bonds. The van der Waals surface area contributed by atoms with Gasteiger partial charge in [-0.2, -0.15) is 0 Å². The minimum atomic E-state index is -0.107. The van der Waals surface area contributed by atoms with E-state index in [1.165, 1.54) is 12.1 Å². The van der Waals surface area contributed by atoms with Crippen LogP contribution in [-0.2, 0) is 0 Å². The molecule has 1 aromatic carbocycles. The van der Waals surface area contributed by atoms with Crippen LogP contribution in [0.1, 0.15) is 31.9 Å². The maximum atomic E-state index is 4.65. The van der Waals surface area contributed by atoms with Crippen LogP contribution < -0.4 is 5.30 Å². The van der Waals surface area contributed by atoms with Gasteiger partial charge in [-0.1, -0.05) is 55.5 Å². The topological polar surface area (TPSA) is 12.9 Å². The third-order valence-electron chi connectivity index (χ3n) is 5.18. The van der Waals surface area contributed by atoms with Crippen LogP contribution in [0.25, 0.3) is 0 Å². The van der Waals surface area contributed by atoms with E-state index >= 15 is 0 Å². The van der Waals surface area contributed by atoms with Crippen molar-refractivity contribution in [2.75, 3.05) is 0 Å². The van der Waals surface area contributed by atoms with Gasteiger partial charge in [-0.05, 0) is 37.7 Å². The van der Waals surface area contributed by atoms with Gasteiger partial charge in [0.05, 0.1) is 0 Å². The number of hydrogen-bond donors (Lipinski definition) is 0. The van der Waals surface area contributed by atoms with E-state index in [4.69, 9.17) is 0 Å². The number of allylic oxidation sites excluding steroid dienone is 2. The SMILES string of the molecule is CC1=C(C)[C@H]2[C@H](c3ccccn3)C[C@@H]1[P@]2c1ccccc1. The number of benzene rings is 1. The van der Waals surface area contributed by atoms with Crippen molar-refractivity contribution in [1.29, 1.82) is 0 Å². The molecule has 0 saturated carbocycles. The fourth-order valence-corrected chi connectivity index (χ4v) is 8.02. The molecule has 1 nitrogen and oxygen atoms in total. The molecule has 4 rings (SSSR count). The molecule has 21 heavy (non-hydrogen) atoms. The van der Waals surface area contributed by atoms with E-state index in [9.17, 15) is 0 Å². The summed E-state index contributed by atoms with van der Waals surface area (Å²) >= 11 is 0. The minimum absolute atomic E-state index is 0.107. The fraction of sp³-hybridized carbons (Fsp3) is 0.316. The van der Waals surface area contributed by atoms with E-state index in [0.29, 0.717) is 11.6 Å². The summed E-state index contributed by atoms with van der Waals surface area (Å²) in [6, 6.07) is 17.5. The van der Waals surface area contributed by atoms with Crippen molar-refractivity contribution in [2.24, 2.45) is 0 Å². The Labute approximate surface area is 127 Å². The van der Waals surface area contributed by atoms with E-state index < -0.39 is 0 Å². The van der Waals surface area contributed by atoms with Crippen LogP contribution >= 0.6 is 7.92 Å². The van der Waals surface area contributed by atoms with Gasteiger partial charge in [0.15, 0.2) is 0 Å². The van der Waals surface area contributed by atoms with Crippen LogP contribution in [0.3, 0.4) is 0 Å². The molecule has 3 heterocycles. The smallest absolute Gasteiger partial charge is 0.0444 e. The molecule has 0 N–H and O–H groups in total. The largest absolute Gasteiger partial charge is 0.261 e. The summed E-state index contributed by atoms with van der Waals surface area (Å²) in [4.78, 5) is 4.65. The zero-order valence-electron chi connectivity index (χ0n) is 12.5. The van der Waals surface area contributed by atoms with Gasteiger partial charge < -0.3 is 0 Å². The summed E-state index contributed by atoms with van der Waals surface area (Å²) in [5, 5.41) is 1.57. The summed E-state index contributed by atoms with van der Waals surface area (Å²) in [7, 11) is -0.107. The number of aromatic nitrogens is 1. The van der Waals surface area contributed by atoms with Gasteiger partial charge >= 0.3 is 0 Å². The van der Waals surface area contributed by atoms with E-state index in [-0.39, 0.29) is 7.92 Å². The van der Waals surface area contributed by atoms with Crippen molar-refractivity contribution in [2.45, 2.75) is 37.5 Å². The van der Waals surface area contributed by atoms with Crippen LogP contribution in [0.5, 0.6) is 0 Å². The Morgan fingerprint density at radius 3 is 2.43 bits per heavy atom. The van der Waals surface area contributed by atoms with Crippen molar-refractivity contribution in [3.05, 3.63) is 71.6 Å². The highest BCUT2D eigenvalue weighted by Gasteiger charge is 2.51. The van der Waals surface area contributed by atoms with Gasteiger partial charge in [0.1, 0.15) is 0 Å². The molecule has 4 atom stereocenters. The van der Waals surface area contributed by atoms with Crippen LogP contribution in [0, 0.1) is 0 Å². The predicted octanol–water partition coefficient (Wildman–Crippen LogP) is 4.46. The van der Waals surface area contributed by atoms with Gasteiger partial charge in [-0.15, -0.1) is 0 Å². The summed E-state index contributed by atoms with van der Waals surface area (Å²) in [5.74, 6) is 0.617. The van der Waals surface area contributed by atoms with Gasteiger partial charge in [-0.25, -0.2) is 0 Å². The summed E-state index contributed by atoms with van der Waals surface area (Å²) < 4.78 is 0. The van der Waals surface area contributed by atoms with Crippen molar-refractivity contribution in [1.82, 2.24) is 4.98 Å². The maximum Gasteiger partial charge on any atom is 0.0444 e. The molecule has 1 saturated heterocycles. The monoisotopic (exact) mass is 293 g/mol. The second kappa shape index (κ2) is 5.07. The minimum Gasteiger partial charge on any atom is -0.261 e. The molecule has 0 unspecified atom stereocenters. The molecule has 2 aromatic rings. The Morgan fingerprint density at radius 1 is 0.952 bits per heavy atom. The third kappa shape index (κ3) is 1.99. The molecule has 2 heteroatoms. The second-order valence-electron chi connectivity index (χ2n) is 6.17. The number of rotatable bonds is 2. The van der Waals surface area contributed by atoms with Crippen LogP contribution in [0.4, 0.5) is 0 Å². The van der Waals surface area contributed by atoms with Crippen molar-refractivity contribution < 1.29 is 0 Å².